The first-order valence-electron chi connectivity index (χ1n) is 6.78. The zero-order valence-corrected chi connectivity index (χ0v) is 13.2. The number of hydrogen-bond acceptors (Lipinski definition) is 5. The molecule has 1 heterocycles. The number of methoxy groups -OCH3 is 2. The van der Waals surface area contributed by atoms with Gasteiger partial charge in [-0.25, -0.2) is 4.98 Å². The molecule has 0 spiro atoms. The van der Waals surface area contributed by atoms with Crippen molar-refractivity contribution in [1.29, 1.82) is 0 Å². The van der Waals surface area contributed by atoms with Crippen LogP contribution < -0.4 is 10.1 Å². The number of ether oxygens (including phenoxy) is 2. The summed E-state index contributed by atoms with van der Waals surface area (Å²) in [5.41, 5.74) is 1.17. The average molecular weight is 304 g/mol. The van der Waals surface area contributed by atoms with Crippen LogP contribution in [0.2, 0.25) is 0 Å². The van der Waals surface area contributed by atoms with Crippen LogP contribution in [-0.2, 0) is 11.3 Å². The number of hydrogen-bond donors (Lipinski definition) is 1. The highest BCUT2D eigenvalue weighted by molar-refractivity contribution is 7.99. The zero-order valence-electron chi connectivity index (χ0n) is 12.3. The van der Waals surface area contributed by atoms with Gasteiger partial charge in [-0.3, -0.25) is 0 Å². The molecule has 0 saturated heterocycles. The van der Waals surface area contributed by atoms with Gasteiger partial charge in [0.1, 0.15) is 10.8 Å². The lowest BCUT2D eigenvalue weighted by Gasteiger charge is -2.06. The van der Waals surface area contributed by atoms with Gasteiger partial charge < -0.3 is 14.8 Å². The van der Waals surface area contributed by atoms with E-state index in [0.717, 1.165) is 35.4 Å². The molecule has 5 heteroatoms. The highest BCUT2D eigenvalue weighted by atomic mass is 32.2. The standard InChI is InChI=1S/C16H20N2O2S/c1-19-9-8-17-11-13-6-7-16(18-12-13)21-15-5-3-4-14(10-15)20-2/h3-7,10,12,17H,8-9,11H2,1-2H3. The third-order valence-electron chi connectivity index (χ3n) is 2.87. The van der Waals surface area contributed by atoms with Crippen molar-refractivity contribution in [3.63, 3.8) is 0 Å². The predicted octanol–water partition coefficient (Wildman–Crippen LogP) is 2.98. The minimum absolute atomic E-state index is 0.719. The molecule has 1 N–H and O–H groups in total. The van der Waals surface area contributed by atoms with Gasteiger partial charge in [-0.1, -0.05) is 23.9 Å². The first-order valence-corrected chi connectivity index (χ1v) is 7.60. The van der Waals surface area contributed by atoms with Gasteiger partial charge in [-0.2, -0.15) is 0 Å². The van der Waals surface area contributed by atoms with Crippen LogP contribution >= 0.6 is 11.8 Å². The molecular formula is C16H20N2O2S. The minimum Gasteiger partial charge on any atom is -0.497 e. The third-order valence-corrected chi connectivity index (χ3v) is 3.81. The lowest BCUT2D eigenvalue weighted by Crippen LogP contribution is -2.18. The first kappa shape index (κ1) is 15.8. The molecule has 0 saturated carbocycles. The number of rotatable bonds is 8. The van der Waals surface area contributed by atoms with Crippen molar-refractivity contribution >= 4 is 11.8 Å². The maximum Gasteiger partial charge on any atom is 0.119 e. The van der Waals surface area contributed by atoms with Crippen molar-refractivity contribution < 1.29 is 9.47 Å². The van der Waals surface area contributed by atoms with Crippen molar-refractivity contribution in [3.05, 3.63) is 48.2 Å². The van der Waals surface area contributed by atoms with Crippen LogP contribution in [0.25, 0.3) is 0 Å². The van der Waals surface area contributed by atoms with Crippen LogP contribution in [0.15, 0.2) is 52.5 Å². The summed E-state index contributed by atoms with van der Waals surface area (Å²) < 4.78 is 10.2. The smallest absolute Gasteiger partial charge is 0.119 e. The Kier molecular flexibility index (Phi) is 6.53. The van der Waals surface area contributed by atoms with E-state index in [1.54, 1.807) is 26.0 Å². The highest BCUT2D eigenvalue weighted by Gasteiger charge is 2.01. The predicted molar refractivity (Wildman–Crippen MR) is 84.9 cm³/mol. The van der Waals surface area contributed by atoms with Crippen LogP contribution in [0.1, 0.15) is 5.56 Å². The summed E-state index contributed by atoms with van der Waals surface area (Å²) in [4.78, 5) is 5.60. The molecule has 0 aliphatic carbocycles. The van der Waals surface area contributed by atoms with E-state index in [-0.39, 0.29) is 0 Å². The van der Waals surface area contributed by atoms with Crippen molar-refractivity contribution in [1.82, 2.24) is 10.3 Å². The van der Waals surface area contributed by atoms with E-state index in [1.165, 1.54) is 5.56 Å². The quantitative estimate of drug-likeness (QED) is 0.760. The molecule has 2 aromatic rings. The second-order valence-electron chi connectivity index (χ2n) is 4.46. The maximum atomic E-state index is 5.22. The van der Waals surface area contributed by atoms with Crippen LogP contribution in [0.4, 0.5) is 0 Å². The molecule has 0 fully saturated rings. The van der Waals surface area contributed by atoms with Crippen molar-refractivity contribution in [2.24, 2.45) is 0 Å². The van der Waals surface area contributed by atoms with Gasteiger partial charge in [0.15, 0.2) is 0 Å². The van der Waals surface area contributed by atoms with E-state index in [2.05, 4.69) is 22.4 Å². The van der Waals surface area contributed by atoms with Crippen LogP contribution in [0, 0.1) is 0 Å². The summed E-state index contributed by atoms with van der Waals surface area (Å²) in [6, 6.07) is 12.1. The summed E-state index contributed by atoms with van der Waals surface area (Å²) in [6.45, 7) is 2.37. The molecule has 0 atom stereocenters. The molecule has 0 amide bonds. The topological polar surface area (TPSA) is 43.4 Å². The Labute approximate surface area is 129 Å². The molecule has 1 aromatic heterocycles. The third kappa shape index (κ3) is 5.38. The fraction of sp³-hybridized carbons (Fsp3) is 0.312. The van der Waals surface area contributed by atoms with Crippen molar-refractivity contribution in [2.45, 2.75) is 16.5 Å². The van der Waals surface area contributed by atoms with Gasteiger partial charge >= 0.3 is 0 Å². The van der Waals surface area contributed by atoms with Gasteiger partial charge in [-0.15, -0.1) is 0 Å². The molecule has 4 nitrogen and oxygen atoms in total. The van der Waals surface area contributed by atoms with Gasteiger partial charge in [0, 0.05) is 31.3 Å². The number of nitrogens with zero attached hydrogens (tertiary/aromatic N) is 1. The fourth-order valence-electron chi connectivity index (χ4n) is 1.77. The Bertz CT molecular complexity index is 546. The van der Waals surface area contributed by atoms with Gasteiger partial charge in [0.25, 0.3) is 0 Å². The summed E-state index contributed by atoms with van der Waals surface area (Å²) in [7, 11) is 3.38. The van der Waals surface area contributed by atoms with E-state index in [0.29, 0.717) is 0 Å². The van der Waals surface area contributed by atoms with E-state index >= 15 is 0 Å². The normalized spacial score (nSPS) is 10.6. The molecule has 0 aliphatic heterocycles. The van der Waals surface area contributed by atoms with Crippen LogP contribution in [0.3, 0.4) is 0 Å². The summed E-state index contributed by atoms with van der Waals surface area (Å²) in [5.74, 6) is 0.860. The number of aromatic nitrogens is 1. The SMILES string of the molecule is COCCNCc1ccc(Sc2cccc(OC)c2)nc1. The van der Waals surface area contributed by atoms with E-state index in [1.807, 2.05) is 30.5 Å². The molecule has 0 radical (unpaired) electrons. The average Bonchev–Trinajstić information content (AvgIpc) is 2.53. The van der Waals surface area contributed by atoms with Crippen LogP contribution in [0.5, 0.6) is 5.75 Å². The Hall–Kier alpha value is -1.56. The fourth-order valence-corrected chi connectivity index (χ4v) is 2.57. The second kappa shape index (κ2) is 8.67. The molecule has 1 aromatic carbocycles. The molecule has 0 bridgehead atoms. The number of nitrogens with one attached hydrogen (secondary N) is 1. The minimum atomic E-state index is 0.719. The van der Waals surface area contributed by atoms with E-state index in [9.17, 15) is 0 Å². The lowest BCUT2D eigenvalue weighted by molar-refractivity contribution is 0.199. The Morgan fingerprint density at radius 1 is 1.19 bits per heavy atom. The van der Waals surface area contributed by atoms with Gasteiger partial charge in [0.2, 0.25) is 0 Å². The monoisotopic (exact) mass is 304 g/mol. The first-order chi connectivity index (χ1) is 10.3. The summed E-state index contributed by atoms with van der Waals surface area (Å²) in [6.07, 6.45) is 1.91. The Morgan fingerprint density at radius 2 is 2.10 bits per heavy atom. The molecule has 112 valence electrons. The lowest BCUT2D eigenvalue weighted by atomic mass is 10.3. The van der Waals surface area contributed by atoms with Crippen LogP contribution in [-0.4, -0.2) is 32.4 Å². The highest BCUT2D eigenvalue weighted by Crippen LogP contribution is 2.28. The number of pyridine rings is 1. The Morgan fingerprint density at radius 3 is 2.81 bits per heavy atom. The van der Waals surface area contributed by atoms with E-state index < -0.39 is 0 Å². The summed E-state index contributed by atoms with van der Waals surface area (Å²) in [5, 5.41) is 4.27. The second-order valence-corrected chi connectivity index (χ2v) is 5.55. The Balaban J connectivity index is 1.89. The van der Waals surface area contributed by atoms with E-state index in [4.69, 9.17) is 9.47 Å². The van der Waals surface area contributed by atoms with Gasteiger partial charge in [-0.05, 0) is 29.8 Å². The largest absolute Gasteiger partial charge is 0.497 e. The molecule has 2 rings (SSSR count). The molecule has 0 unspecified atom stereocenters. The summed E-state index contributed by atoms with van der Waals surface area (Å²) >= 11 is 1.63. The maximum absolute atomic E-state index is 5.22. The molecule has 21 heavy (non-hydrogen) atoms. The van der Waals surface area contributed by atoms with Crippen molar-refractivity contribution in [2.75, 3.05) is 27.4 Å². The molecular weight excluding hydrogens is 284 g/mol. The molecule has 0 aliphatic rings. The zero-order chi connectivity index (χ0) is 14.9. The van der Waals surface area contributed by atoms with Crippen molar-refractivity contribution in [3.8, 4) is 5.75 Å². The number of benzene rings is 1. The van der Waals surface area contributed by atoms with Gasteiger partial charge in [0.05, 0.1) is 13.7 Å².